The first kappa shape index (κ1) is 25.1. The highest BCUT2D eigenvalue weighted by Crippen LogP contribution is 2.35. The van der Waals surface area contributed by atoms with Crippen LogP contribution in [0.15, 0.2) is 40.8 Å². The van der Waals surface area contributed by atoms with Gasteiger partial charge in [-0.2, -0.15) is 0 Å². The van der Waals surface area contributed by atoms with E-state index in [0.717, 1.165) is 44.1 Å². The van der Waals surface area contributed by atoms with E-state index >= 15 is 0 Å². The largest absolute Gasteiger partial charge is 0.497 e. The number of carbonyl (C=O) groups is 3. The van der Waals surface area contributed by atoms with Gasteiger partial charge in [-0.25, -0.2) is 9.78 Å². The van der Waals surface area contributed by atoms with Crippen LogP contribution in [0.1, 0.15) is 21.7 Å². The van der Waals surface area contributed by atoms with Crippen molar-refractivity contribution in [3.63, 3.8) is 0 Å². The van der Waals surface area contributed by atoms with E-state index < -0.39 is 17.5 Å². The number of aromatic nitrogens is 1. The van der Waals surface area contributed by atoms with Gasteiger partial charge in [-0.15, -0.1) is 0 Å². The lowest BCUT2D eigenvalue weighted by atomic mass is 9.95. The lowest BCUT2D eigenvalue weighted by molar-refractivity contribution is -0.125. The Morgan fingerprint density at radius 3 is 2.59 bits per heavy atom. The highest BCUT2D eigenvalue weighted by Gasteiger charge is 2.53. The first-order valence-electron chi connectivity index (χ1n) is 12.9. The summed E-state index contributed by atoms with van der Waals surface area (Å²) >= 11 is 0. The average Bonchev–Trinajstić information content (AvgIpc) is 3.60. The molecule has 12 heteroatoms. The number of rotatable bonds is 8. The van der Waals surface area contributed by atoms with Crippen molar-refractivity contribution in [1.29, 1.82) is 0 Å². The molecule has 0 radical (unpaired) electrons. The SMILES string of the molecule is COCCN1CCN(c2ccc3oc(C4(CN5Cc6ccc(OC)cc6C5=O)NC(=O)NC4=O)cc3n2)CC1. The van der Waals surface area contributed by atoms with Gasteiger partial charge in [-0.05, 0) is 29.8 Å². The highest BCUT2D eigenvalue weighted by atomic mass is 16.5. The Morgan fingerprint density at radius 1 is 1.05 bits per heavy atom. The molecule has 2 fully saturated rings. The van der Waals surface area contributed by atoms with Crippen molar-refractivity contribution in [2.24, 2.45) is 0 Å². The second-order valence-electron chi connectivity index (χ2n) is 9.98. The Labute approximate surface area is 224 Å². The zero-order valence-corrected chi connectivity index (χ0v) is 21.9. The number of amides is 4. The second-order valence-corrected chi connectivity index (χ2v) is 9.98. The van der Waals surface area contributed by atoms with Crippen LogP contribution in [0.3, 0.4) is 0 Å². The minimum absolute atomic E-state index is 0.101. The van der Waals surface area contributed by atoms with Gasteiger partial charge >= 0.3 is 6.03 Å². The second kappa shape index (κ2) is 9.86. The van der Waals surface area contributed by atoms with Gasteiger partial charge in [-0.3, -0.25) is 19.8 Å². The van der Waals surface area contributed by atoms with Gasteiger partial charge in [0.1, 0.15) is 22.8 Å². The zero-order chi connectivity index (χ0) is 27.1. The molecular weight excluding hydrogens is 504 g/mol. The third-order valence-corrected chi connectivity index (χ3v) is 7.65. The number of piperazine rings is 1. The molecule has 1 unspecified atom stereocenters. The standard InChI is InChI=1S/C27H30N6O6/c1-37-12-11-31-7-9-32(10-8-31)23-6-5-21-20(28-23)14-22(39-21)27(25(35)29-26(36)30-27)16-33-15-17-3-4-18(38-2)13-19(17)24(33)34/h3-6,13-14H,7-12,15-16H2,1-2H3,(H2,29,30,35,36). The first-order valence-corrected chi connectivity index (χ1v) is 12.9. The summed E-state index contributed by atoms with van der Waals surface area (Å²) < 4.78 is 16.5. The molecule has 0 saturated carbocycles. The number of hydrogen-bond acceptors (Lipinski definition) is 9. The Kier molecular flexibility index (Phi) is 6.35. The lowest BCUT2D eigenvalue weighted by Crippen LogP contribution is -2.52. The van der Waals surface area contributed by atoms with Crippen molar-refractivity contribution in [2.45, 2.75) is 12.1 Å². The number of pyridine rings is 1. The Balaban J connectivity index is 1.26. The van der Waals surface area contributed by atoms with Crippen LogP contribution in [-0.2, 0) is 21.6 Å². The summed E-state index contributed by atoms with van der Waals surface area (Å²) in [6.07, 6.45) is 0. The molecule has 1 atom stereocenters. The number of carbonyl (C=O) groups excluding carboxylic acids is 3. The topological polar surface area (TPSA) is 129 Å². The molecule has 0 spiro atoms. The van der Waals surface area contributed by atoms with Crippen molar-refractivity contribution in [3.05, 3.63) is 53.3 Å². The number of methoxy groups -OCH3 is 2. The summed E-state index contributed by atoms with van der Waals surface area (Å²) in [7, 11) is 3.25. The number of urea groups is 1. The molecule has 3 aliphatic rings. The number of benzene rings is 1. The number of nitrogens with zero attached hydrogens (tertiary/aromatic N) is 4. The van der Waals surface area contributed by atoms with Crippen LogP contribution in [0.2, 0.25) is 0 Å². The van der Waals surface area contributed by atoms with Crippen molar-refractivity contribution in [1.82, 2.24) is 25.4 Å². The normalized spacial score (nSPS) is 21.4. The number of imide groups is 1. The van der Waals surface area contributed by atoms with Gasteiger partial charge in [0.05, 0.1) is 20.3 Å². The molecule has 0 aliphatic carbocycles. The van der Waals surface area contributed by atoms with Crippen molar-refractivity contribution in [2.75, 3.05) is 65.0 Å². The maximum atomic E-state index is 13.3. The number of furan rings is 1. The molecule has 2 N–H and O–H groups in total. The van der Waals surface area contributed by atoms with Crippen LogP contribution in [0.4, 0.5) is 10.6 Å². The molecule has 3 aromatic rings. The predicted octanol–water partition coefficient (Wildman–Crippen LogP) is 1.30. The van der Waals surface area contributed by atoms with E-state index in [0.29, 0.717) is 35.6 Å². The fraction of sp³-hybridized carbons (Fsp3) is 0.407. The van der Waals surface area contributed by atoms with Crippen LogP contribution < -0.4 is 20.3 Å². The van der Waals surface area contributed by atoms with E-state index in [1.54, 1.807) is 25.3 Å². The predicted molar refractivity (Wildman–Crippen MR) is 141 cm³/mol. The molecule has 1 aromatic carbocycles. The smallest absolute Gasteiger partial charge is 0.322 e. The summed E-state index contributed by atoms with van der Waals surface area (Å²) in [4.78, 5) is 49.7. The van der Waals surface area contributed by atoms with E-state index in [4.69, 9.17) is 18.9 Å². The molecule has 4 amide bonds. The van der Waals surface area contributed by atoms with Gasteiger partial charge in [0.2, 0.25) is 0 Å². The zero-order valence-electron chi connectivity index (χ0n) is 21.9. The molecule has 2 aromatic heterocycles. The minimum Gasteiger partial charge on any atom is -0.497 e. The van der Waals surface area contributed by atoms with Crippen molar-refractivity contribution in [3.8, 4) is 5.75 Å². The summed E-state index contributed by atoms with van der Waals surface area (Å²) in [5.74, 6) is 0.769. The molecule has 12 nitrogen and oxygen atoms in total. The number of anilines is 1. The monoisotopic (exact) mass is 534 g/mol. The summed E-state index contributed by atoms with van der Waals surface area (Å²) in [5.41, 5.74) is 0.790. The van der Waals surface area contributed by atoms with Crippen LogP contribution in [-0.4, -0.2) is 92.7 Å². The molecule has 0 bridgehead atoms. The third-order valence-electron chi connectivity index (χ3n) is 7.65. The van der Waals surface area contributed by atoms with Gasteiger partial charge in [0.25, 0.3) is 11.8 Å². The van der Waals surface area contributed by atoms with Crippen molar-refractivity contribution < 1.29 is 28.3 Å². The first-order chi connectivity index (χ1) is 18.9. The fourth-order valence-electron chi connectivity index (χ4n) is 5.46. The van der Waals surface area contributed by atoms with E-state index in [-0.39, 0.29) is 18.2 Å². The van der Waals surface area contributed by atoms with E-state index in [9.17, 15) is 14.4 Å². The highest BCUT2D eigenvalue weighted by molar-refractivity contribution is 6.08. The lowest BCUT2D eigenvalue weighted by Gasteiger charge is -2.35. The molecule has 5 heterocycles. The van der Waals surface area contributed by atoms with Crippen LogP contribution in [0.5, 0.6) is 5.75 Å². The van der Waals surface area contributed by atoms with Gasteiger partial charge in [-0.1, -0.05) is 6.07 Å². The van der Waals surface area contributed by atoms with Gasteiger partial charge in [0.15, 0.2) is 11.1 Å². The third kappa shape index (κ3) is 4.45. The van der Waals surface area contributed by atoms with Crippen LogP contribution in [0.25, 0.3) is 11.1 Å². The number of fused-ring (bicyclic) bond motifs is 2. The summed E-state index contributed by atoms with van der Waals surface area (Å²) in [6, 6.07) is 10.1. The quantitative estimate of drug-likeness (QED) is 0.411. The Hall–Kier alpha value is -4.16. The molecule has 2 saturated heterocycles. The van der Waals surface area contributed by atoms with Crippen molar-refractivity contribution >= 4 is 34.8 Å². The molecule has 204 valence electrons. The maximum Gasteiger partial charge on any atom is 0.322 e. The maximum absolute atomic E-state index is 13.3. The van der Waals surface area contributed by atoms with E-state index in [2.05, 4.69) is 20.4 Å². The Bertz CT molecular complexity index is 1450. The van der Waals surface area contributed by atoms with Gasteiger partial charge in [0, 0.05) is 58.0 Å². The Morgan fingerprint density at radius 2 is 1.87 bits per heavy atom. The average molecular weight is 535 g/mol. The molecule has 3 aliphatic heterocycles. The van der Waals surface area contributed by atoms with E-state index in [1.807, 2.05) is 18.2 Å². The number of ether oxygens (including phenoxy) is 2. The minimum atomic E-state index is -1.59. The van der Waals surface area contributed by atoms with Crippen LogP contribution >= 0.6 is 0 Å². The van der Waals surface area contributed by atoms with Gasteiger partial charge < -0.3 is 29.0 Å². The molecular formula is C27H30N6O6. The fourth-order valence-corrected chi connectivity index (χ4v) is 5.46. The molecule has 39 heavy (non-hydrogen) atoms. The molecule has 6 rings (SSSR count). The van der Waals surface area contributed by atoms with E-state index in [1.165, 1.54) is 12.0 Å². The number of nitrogens with one attached hydrogen (secondary N) is 2. The summed E-state index contributed by atoms with van der Waals surface area (Å²) in [6.45, 7) is 5.28. The number of hydrogen-bond donors (Lipinski definition) is 2. The van der Waals surface area contributed by atoms with Crippen LogP contribution in [0, 0.1) is 0 Å². The summed E-state index contributed by atoms with van der Waals surface area (Å²) in [5, 5.41) is 5.04.